The lowest BCUT2D eigenvalue weighted by Gasteiger charge is -1.96. The van der Waals surface area contributed by atoms with Crippen LogP contribution in [0.15, 0.2) is 24.3 Å². The minimum absolute atomic E-state index is 0.198. The first-order valence-electron chi connectivity index (χ1n) is 5.41. The lowest BCUT2D eigenvalue weighted by Crippen LogP contribution is -2.06. The number of hydrogen-bond donors (Lipinski definition) is 2. The molecule has 0 saturated carbocycles. The minimum Gasteiger partial charge on any atom is -0.393 e. The maximum Gasteiger partial charge on any atom is 0.0951 e. The smallest absolute Gasteiger partial charge is 0.0951 e. The van der Waals surface area contributed by atoms with Crippen molar-refractivity contribution in [3.63, 3.8) is 0 Å². The van der Waals surface area contributed by atoms with Crippen LogP contribution in [0.1, 0.15) is 39.0 Å². The Morgan fingerprint density at radius 3 is 2.57 bits per heavy atom. The Balaban J connectivity index is 3.30. The number of aliphatic hydroxyl groups excluding tert-OH is 2. The van der Waals surface area contributed by atoms with Gasteiger partial charge in [0.25, 0.3) is 0 Å². The molecule has 0 radical (unpaired) electrons. The molecule has 82 valence electrons. The van der Waals surface area contributed by atoms with Crippen molar-refractivity contribution < 1.29 is 10.2 Å². The summed E-state index contributed by atoms with van der Waals surface area (Å²) in [6.07, 6.45) is 12.8. The molecule has 2 nitrogen and oxygen atoms in total. The van der Waals surface area contributed by atoms with Gasteiger partial charge in [-0.15, -0.1) is 0 Å². The van der Waals surface area contributed by atoms with Crippen molar-refractivity contribution in [2.45, 2.75) is 45.1 Å². The molecule has 2 heteroatoms. The number of rotatable bonds is 8. The third-order valence-corrected chi connectivity index (χ3v) is 1.96. The molecule has 0 aliphatic rings. The average Bonchev–Trinajstić information content (AvgIpc) is 2.21. The molecule has 0 aliphatic heterocycles. The van der Waals surface area contributed by atoms with E-state index in [-0.39, 0.29) is 6.61 Å². The average molecular weight is 198 g/mol. The zero-order valence-electron chi connectivity index (χ0n) is 9.02. The number of aliphatic hydroxyl groups is 2. The standard InChI is InChI=1S/C12H22O2/c1-2-3-4-5-6-7-8-9-10-12(14)11-13/h6-7,9-10,12-14H,2-5,8,11H2,1H3/b7-6-,10-9-/t12-/m1/s1. The van der Waals surface area contributed by atoms with Gasteiger partial charge in [-0.25, -0.2) is 0 Å². The zero-order chi connectivity index (χ0) is 10.6. The highest BCUT2D eigenvalue weighted by atomic mass is 16.3. The highest BCUT2D eigenvalue weighted by molar-refractivity contribution is 4.95. The Morgan fingerprint density at radius 2 is 1.93 bits per heavy atom. The fourth-order valence-electron chi connectivity index (χ4n) is 1.10. The van der Waals surface area contributed by atoms with Gasteiger partial charge < -0.3 is 10.2 Å². The molecule has 0 rings (SSSR count). The maximum absolute atomic E-state index is 8.97. The lowest BCUT2D eigenvalue weighted by molar-refractivity contribution is 0.131. The Kier molecular flexibility index (Phi) is 10.0. The van der Waals surface area contributed by atoms with E-state index in [4.69, 9.17) is 10.2 Å². The van der Waals surface area contributed by atoms with E-state index in [0.29, 0.717) is 0 Å². The van der Waals surface area contributed by atoms with E-state index in [1.54, 1.807) is 6.08 Å². The highest BCUT2D eigenvalue weighted by Crippen LogP contribution is 2.00. The van der Waals surface area contributed by atoms with E-state index in [1.807, 2.05) is 6.08 Å². The van der Waals surface area contributed by atoms with E-state index in [9.17, 15) is 0 Å². The second-order valence-electron chi connectivity index (χ2n) is 3.38. The lowest BCUT2D eigenvalue weighted by atomic mass is 10.2. The van der Waals surface area contributed by atoms with E-state index in [0.717, 1.165) is 12.8 Å². The topological polar surface area (TPSA) is 40.5 Å². The van der Waals surface area contributed by atoms with Crippen molar-refractivity contribution in [3.8, 4) is 0 Å². The van der Waals surface area contributed by atoms with Gasteiger partial charge >= 0.3 is 0 Å². The van der Waals surface area contributed by atoms with E-state index in [2.05, 4.69) is 19.1 Å². The van der Waals surface area contributed by atoms with Crippen LogP contribution in [0, 0.1) is 0 Å². The summed E-state index contributed by atoms with van der Waals surface area (Å²) in [7, 11) is 0. The van der Waals surface area contributed by atoms with Crippen LogP contribution in [0.2, 0.25) is 0 Å². The first-order chi connectivity index (χ1) is 6.81. The van der Waals surface area contributed by atoms with Crippen LogP contribution in [-0.2, 0) is 0 Å². The fraction of sp³-hybridized carbons (Fsp3) is 0.667. The van der Waals surface area contributed by atoms with Crippen molar-refractivity contribution in [2.75, 3.05) is 6.61 Å². The Hall–Kier alpha value is -0.600. The van der Waals surface area contributed by atoms with Gasteiger partial charge in [0.2, 0.25) is 0 Å². The monoisotopic (exact) mass is 198 g/mol. The molecule has 0 aliphatic carbocycles. The van der Waals surface area contributed by atoms with Gasteiger partial charge in [-0.2, -0.15) is 0 Å². The molecule has 0 bridgehead atoms. The van der Waals surface area contributed by atoms with Gasteiger partial charge in [0, 0.05) is 0 Å². The molecule has 0 aromatic rings. The minimum atomic E-state index is -0.705. The molecule has 0 spiro atoms. The van der Waals surface area contributed by atoms with Crippen LogP contribution in [0.25, 0.3) is 0 Å². The Labute approximate surface area is 87.0 Å². The summed E-state index contributed by atoms with van der Waals surface area (Å²) >= 11 is 0. The SMILES string of the molecule is CCCCC/C=C\C/C=C\[C@@H](O)CO. The maximum atomic E-state index is 8.97. The predicted octanol–water partition coefficient (Wildman–Crippen LogP) is 2.42. The second-order valence-corrected chi connectivity index (χ2v) is 3.38. The summed E-state index contributed by atoms with van der Waals surface area (Å²) in [5.74, 6) is 0. The van der Waals surface area contributed by atoms with Gasteiger partial charge in [0.1, 0.15) is 0 Å². The van der Waals surface area contributed by atoms with E-state index >= 15 is 0 Å². The zero-order valence-corrected chi connectivity index (χ0v) is 9.02. The van der Waals surface area contributed by atoms with E-state index < -0.39 is 6.10 Å². The van der Waals surface area contributed by atoms with Gasteiger partial charge in [-0.05, 0) is 19.3 Å². The molecule has 2 N–H and O–H groups in total. The number of unbranched alkanes of at least 4 members (excludes halogenated alkanes) is 3. The summed E-state index contributed by atoms with van der Waals surface area (Å²) in [5.41, 5.74) is 0. The second kappa shape index (κ2) is 10.5. The normalized spacial score (nSPS) is 14.2. The fourth-order valence-corrected chi connectivity index (χ4v) is 1.10. The van der Waals surface area contributed by atoms with Gasteiger partial charge in [0.15, 0.2) is 0 Å². The largest absolute Gasteiger partial charge is 0.393 e. The molecule has 0 unspecified atom stereocenters. The molecule has 0 aromatic heterocycles. The van der Waals surface area contributed by atoms with Crippen LogP contribution in [-0.4, -0.2) is 22.9 Å². The third-order valence-electron chi connectivity index (χ3n) is 1.96. The van der Waals surface area contributed by atoms with Crippen molar-refractivity contribution >= 4 is 0 Å². The molecule has 0 amide bonds. The number of allylic oxidation sites excluding steroid dienone is 3. The Morgan fingerprint density at radius 1 is 1.14 bits per heavy atom. The molecule has 1 atom stereocenters. The number of hydrogen-bond acceptors (Lipinski definition) is 2. The van der Waals surface area contributed by atoms with Crippen LogP contribution in [0.3, 0.4) is 0 Å². The van der Waals surface area contributed by atoms with Gasteiger partial charge in [-0.1, -0.05) is 44.1 Å². The van der Waals surface area contributed by atoms with Crippen molar-refractivity contribution in [3.05, 3.63) is 24.3 Å². The summed E-state index contributed by atoms with van der Waals surface area (Å²) < 4.78 is 0. The van der Waals surface area contributed by atoms with Crippen molar-refractivity contribution in [1.29, 1.82) is 0 Å². The summed E-state index contributed by atoms with van der Waals surface area (Å²) in [5, 5.41) is 17.5. The summed E-state index contributed by atoms with van der Waals surface area (Å²) in [6.45, 7) is 2.00. The molecule has 0 saturated heterocycles. The third kappa shape index (κ3) is 9.49. The van der Waals surface area contributed by atoms with Crippen LogP contribution in [0.5, 0.6) is 0 Å². The first kappa shape index (κ1) is 13.4. The summed E-state index contributed by atoms with van der Waals surface area (Å²) in [4.78, 5) is 0. The molecule has 0 aromatic carbocycles. The van der Waals surface area contributed by atoms with Crippen LogP contribution < -0.4 is 0 Å². The van der Waals surface area contributed by atoms with Crippen molar-refractivity contribution in [1.82, 2.24) is 0 Å². The van der Waals surface area contributed by atoms with E-state index in [1.165, 1.54) is 19.3 Å². The van der Waals surface area contributed by atoms with Crippen molar-refractivity contribution in [2.24, 2.45) is 0 Å². The van der Waals surface area contributed by atoms with Gasteiger partial charge in [-0.3, -0.25) is 0 Å². The quantitative estimate of drug-likeness (QED) is 0.464. The Bertz CT molecular complexity index is 162. The highest BCUT2D eigenvalue weighted by Gasteiger charge is 1.91. The van der Waals surface area contributed by atoms with Crippen LogP contribution in [0.4, 0.5) is 0 Å². The molecular weight excluding hydrogens is 176 g/mol. The molecule has 0 heterocycles. The first-order valence-corrected chi connectivity index (χ1v) is 5.41. The molecular formula is C12H22O2. The predicted molar refractivity (Wildman–Crippen MR) is 60.1 cm³/mol. The molecule has 14 heavy (non-hydrogen) atoms. The van der Waals surface area contributed by atoms with Crippen LogP contribution >= 0.6 is 0 Å². The van der Waals surface area contributed by atoms with Gasteiger partial charge in [0.05, 0.1) is 12.7 Å². The summed E-state index contributed by atoms with van der Waals surface area (Å²) in [6, 6.07) is 0. The molecule has 0 fully saturated rings.